The van der Waals surface area contributed by atoms with Gasteiger partial charge in [-0.3, -0.25) is 4.99 Å². The van der Waals surface area contributed by atoms with Gasteiger partial charge in [-0.1, -0.05) is 11.6 Å². The lowest BCUT2D eigenvalue weighted by Gasteiger charge is -2.41. The summed E-state index contributed by atoms with van der Waals surface area (Å²) in [6.07, 6.45) is 2.05. The Hall–Kier alpha value is -0.950. The molecule has 5 nitrogen and oxygen atoms in total. The fourth-order valence-electron chi connectivity index (χ4n) is 2.94. The monoisotopic (exact) mass is 398 g/mol. The molecule has 1 heterocycles. The van der Waals surface area contributed by atoms with Crippen molar-refractivity contribution in [2.75, 3.05) is 52.7 Å². The van der Waals surface area contributed by atoms with Gasteiger partial charge in [0, 0.05) is 47.5 Å². The molecule has 0 aliphatic carbocycles. The molecular weight excluding hydrogens is 368 g/mol. The van der Waals surface area contributed by atoms with Crippen LogP contribution in [-0.2, 0) is 4.74 Å². The van der Waals surface area contributed by atoms with Gasteiger partial charge >= 0.3 is 0 Å². The first-order valence-electron chi connectivity index (χ1n) is 9.21. The van der Waals surface area contributed by atoms with E-state index in [0.29, 0.717) is 0 Å². The van der Waals surface area contributed by atoms with E-state index in [1.165, 1.54) is 4.90 Å². The quantitative estimate of drug-likeness (QED) is 0.305. The van der Waals surface area contributed by atoms with Gasteiger partial charge in [-0.15, -0.1) is 11.8 Å². The number of likely N-dealkylation sites (N-methyl/N-ethyl adjacent to an activating group) is 1. The third-order valence-corrected chi connectivity index (χ3v) is 5.99. The molecule has 1 aromatic carbocycles. The number of nitrogens with zero attached hydrogens (tertiary/aromatic N) is 2. The number of rotatable bonds is 8. The van der Waals surface area contributed by atoms with E-state index in [1.807, 2.05) is 23.9 Å². The van der Waals surface area contributed by atoms with Gasteiger partial charge in [-0.25, -0.2) is 0 Å². The number of benzene rings is 1. The zero-order valence-corrected chi connectivity index (χ0v) is 17.6. The number of guanidine groups is 1. The van der Waals surface area contributed by atoms with Crippen LogP contribution < -0.4 is 10.6 Å². The number of hydrogen-bond donors (Lipinski definition) is 2. The van der Waals surface area contributed by atoms with Crippen LogP contribution in [0.2, 0.25) is 5.02 Å². The Kier molecular flexibility index (Phi) is 9.05. The van der Waals surface area contributed by atoms with Crippen LogP contribution in [0.3, 0.4) is 0 Å². The van der Waals surface area contributed by atoms with Gasteiger partial charge in [0.25, 0.3) is 0 Å². The Labute approximate surface area is 166 Å². The Morgan fingerprint density at radius 3 is 2.54 bits per heavy atom. The van der Waals surface area contributed by atoms with Gasteiger partial charge < -0.3 is 20.3 Å². The molecule has 0 atom stereocenters. The van der Waals surface area contributed by atoms with E-state index in [4.69, 9.17) is 21.3 Å². The average molecular weight is 399 g/mol. The van der Waals surface area contributed by atoms with Gasteiger partial charge in [0.1, 0.15) is 0 Å². The topological polar surface area (TPSA) is 48.9 Å². The molecule has 0 aromatic heterocycles. The largest absolute Gasteiger partial charge is 0.381 e. The van der Waals surface area contributed by atoms with Crippen LogP contribution in [0.5, 0.6) is 0 Å². The average Bonchev–Trinajstić information content (AvgIpc) is 2.65. The van der Waals surface area contributed by atoms with Crippen LogP contribution in [0.4, 0.5) is 0 Å². The lowest BCUT2D eigenvalue weighted by molar-refractivity contribution is -0.00254. The highest BCUT2D eigenvalue weighted by Crippen LogP contribution is 2.26. The van der Waals surface area contributed by atoms with Crippen molar-refractivity contribution >= 4 is 29.3 Å². The summed E-state index contributed by atoms with van der Waals surface area (Å²) in [5, 5.41) is 7.56. The fraction of sp³-hybridized carbons (Fsp3) is 0.632. The molecule has 2 rings (SSSR count). The van der Waals surface area contributed by atoms with E-state index >= 15 is 0 Å². The molecule has 1 fully saturated rings. The van der Waals surface area contributed by atoms with Gasteiger partial charge in [-0.05, 0) is 58.1 Å². The molecule has 7 heteroatoms. The van der Waals surface area contributed by atoms with E-state index in [9.17, 15) is 0 Å². The Bertz CT molecular complexity index is 559. The summed E-state index contributed by atoms with van der Waals surface area (Å²) in [4.78, 5) is 8.39. The highest BCUT2D eigenvalue weighted by atomic mass is 35.5. The standard InChI is InChI=1S/C19H31ClN4OS/c1-4-21-18(22-11-14-26-17-7-5-16(20)6-8-17)23-15-19(24(2)3)9-12-25-13-10-19/h5-8H,4,9-15H2,1-3H3,(H2,21,22,23). The summed E-state index contributed by atoms with van der Waals surface area (Å²) in [5.74, 6) is 1.86. The molecule has 1 aromatic rings. The molecule has 1 saturated heterocycles. The van der Waals surface area contributed by atoms with Crippen molar-refractivity contribution in [2.24, 2.45) is 4.99 Å². The minimum Gasteiger partial charge on any atom is -0.381 e. The van der Waals surface area contributed by atoms with Crippen LogP contribution in [0, 0.1) is 0 Å². The van der Waals surface area contributed by atoms with Crippen molar-refractivity contribution in [1.29, 1.82) is 0 Å². The van der Waals surface area contributed by atoms with Crippen molar-refractivity contribution < 1.29 is 4.74 Å². The first-order chi connectivity index (χ1) is 12.6. The smallest absolute Gasteiger partial charge is 0.191 e. The summed E-state index contributed by atoms with van der Waals surface area (Å²) in [7, 11) is 4.29. The number of halogens is 1. The summed E-state index contributed by atoms with van der Waals surface area (Å²) in [6, 6.07) is 7.96. The highest BCUT2D eigenvalue weighted by molar-refractivity contribution is 7.99. The number of hydrogen-bond acceptors (Lipinski definition) is 4. The molecule has 0 bridgehead atoms. The van der Waals surface area contributed by atoms with Crippen molar-refractivity contribution in [3.63, 3.8) is 0 Å². The third-order valence-electron chi connectivity index (χ3n) is 4.72. The second-order valence-electron chi connectivity index (χ2n) is 6.66. The van der Waals surface area contributed by atoms with E-state index in [-0.39, 0.29) is 5.54 Å². The summed E-state index contributed by atoms with van der Waals surface area (Å²) in [6.45, 7) is 6.22. The highest BCUT2D eigenvalue weighted by Gasteiger charge is 2.34. The molecule has 1 aliphatic rings. The van der Waals surface area contributed by atoms with Crippen LogP contribution in [0.25, 0.3) is 0 Å². The van der Waals surface area contributed by atoms with Crippen molar-refractivity contribution in [2.45, 2.75) is 30.2 Å². The lowest BCUT2D eigenvalue weighted by atomic mass is 9.89. The van der Waals surface area contributed by atoms with Crippen LogP contribution in [0.1, 0.15) is 19.8 Å². The van der Waals surface area contributed by atoms with E-state index in [1.54, 1.807) is 0 Å². The minimum atomic E-state index is 0.0959. The molecular formula is C19H31ClN4OS. The lowest BCUT2D eigenvalue weighted by Crippen LogP contribution is -2.51. The van der Waals surface area contributed by atoms with Gasteiger partial charge in [0.2, 0.25) is 0 Å². The number of nitrogens with one attached hydrogen (secondary N) is 2. The maximum atomic E-state index is 5.92. The van der Waals surface area contributed by atoms with Gasteiger partial charge in [0.05, 0.1) is 6.54 Å². The number of ether oxygens (including phenoxy) is 1. The van der Waals surface area contributed by atoms with Crippen LogP contribution >= 0.6 is 23.4 Å². The van der Waals surface area contributed by atoms with E-state index in [2.05, 4.69) is 48.7 Å². The summed E-state index contributed by atoms with van der Waals surface area (Å²) in [5.41, 5.74) is 0.0959. The minimum absolute atomic E-state index is 0.0959. The second-order valence-corrected chi connectivity index (χ2v) is 8.26. The van der Waals surface area contributed by atoms with Crippen LogP contribution in [-0.4, -0.2) is 69.1 Å². The first kappa shape index (κ1) is 21.4. The molecule has 0 unspecified atom stereocenters. The van der Waals surface area contributed by atoms with Gasteiger partial charge in [-0.2, -0.15) is 0 Å². The molecule has 26 heavy (non-hydrogen) atoms. The summed E-state index contributed by atoms with van der Waals surface area (Å²) < 4.78 is 5.54. The fourth-order valence-corrected chi connectivity index (χ4v) is 3.83. The third kappa shape index (κ3) is 6.65. The van der Waals surface area contributed by atoms with Gasteiger partial charge in [0.15, 0.2) is 5.96 Å². The molecule has 0 radical (unpaired) electrons. The first-order valence-corrected chi connectivity index (χ1v) is 10.6. The van der Waals surface area contributed by atoms with Crippen molar-refractivity contribution in [3.05, 3.63) is 29.3 Å². The Morgan fingerprint density at radius 1 is 1.23 bits per heavy atom. The number of aliphatic imine (C=N–C) groups is 1. The zero-order chi connectivity index (χ0) is 18.8. The maximum Gasteiger partial charge on any atom is 0.191 e. The predicted octanol–water partition coefficient (Wildman–Crippen LogP) is 3.10. The maximum absolute atomic E-state index is 5.92. The normalized spacial score (nSPS) is 17.3. The molecule has 0 amide bonds. The van der Waals surface area contributed by atoms with E-state index in [0.717, 1.165) is 62.4 Å². The summed E-state index contributed by atoms with van der Waals surface area (Å²) >= 11 is 7.74. The van der Waals surface area contributed by atoms with Crippen molar-refractivity contribution in [3.8, 4) is 0 Å². The van der Waals surface area contributed by atoms with E-state index < -0.39 is 0 Å². The SMILES string of the molecule is CCNC(=NCC1(N(C)C)CCOCC1)NCCSc1ccc(Cl)cc1. The number of thioether (sulfide) groups is 1. The second kappa shape index (κ2) is 11.0. The Morgan fingerprint density at radius 2 is 1.92 bits per heavy atom. The zero-order valence-electron chi connectivity index (χ0n) is 16.1. The molecule has 0 saturated carbocycles. The molecule has 0 spiro atoms. The molecule has 2 N–H and O–H groups in total. The Balaban J connectivity index is 1.84. The molecule has 146 valence electrons. The van der Waals surface area contributed by atoms with Crippen molar-refractivity contribution in [1.82, 2.24) is 15.5 Å². The van der Waals surface area contributed by atoms with Crippen LogP contribution in [0.15, 0.2) is 34.2 Å². The molecule has 1 aliphatic heterocycles. The predicted molar refractivity (Wildman–Crippen MR) is 113 cm³/mol.